The van der Waals surface area contributed by atoms with Gasteiger partial charge in [-0.25, -0.2) is 0 Å². The molecule has 6 heteroatoms. The van der Waals surface area contributed by atoms with Gasteiger partial charge in [0.15, 0.2) is 0 Å². The van der Waals surface area contributed by atoms with Gasteiger partial charge in [0.05, 0.1) is 11.9 Å². The van der Waals surface area contributed by atoms with Crippen LogP contribution >= 0.6 is 0 Å². The van der Waals surface area contributed by atoms with Crippen LogP contribution in [0.3, 0.4) is 0 Å². The highest BCUT2D eigenvalue weighted by Crippen LogP contribution is 2.17. The molecule has 0 aromatic carbocycles. The van der Waals surface area contributed by atoms with Crippen LogP contribution in [-0.2, 0) is 0 Å². The molecule has 1 aromatic heterocycles. The summed E-state index contributed by atoms with van der Waals surface area (Å²) in [6.45, 7) is 1.53. The monoisotopic (exact) mass is 223 g/mol. The van der Waals surface area contributed by atoms with E-state index < -0.39 is 0 Å². The number of nitrogens with one attached hydrogen (secondary N) is 1. The summed E-state index contributed by atoms with van der Waals surface area (Å²) in [7, 11) is 4.06. The van der Waals surface area contributed by atoms with Gasteiger partial charge in [0.1, 0.15) is 5.69 Å². The van der Waals surface area contributed by atoms with Crippen LogP contribution in [0.2, 0.25) is 0 Å². The molecule has 88 valence electrons. The van der Waals surface area contributed by atoms with Crippen LogP contribution in [0.5, 0.6) is 0 Å². The Morgan fingerprint density at radius 3 is 2.94 bits per heavy atom. The molecular weight excluding hydrogens is 206 g/mol. The lowest BCUT2D eigenvalue weighted by molar-refractivity contribution is 0.0778. The van der Waals surface area contributed by atoms with Crippen molar-refractivity contribution in [3.8, 4) is 0 Å². The van der Waals surface area contributed by atoms with E-state index in [0.29, 0.717) is 17.4 Å². The second-order valence-electron chi connectivity index (χ2n) is 4.36. The Balaban J connectivity index is 2.05. The molecule has 1 aliphatic heterocycles. The number of rotatable bonds is 2. The lowest BCUT2D eigenvalue weighted by Crippen LogP contribution is -2.34. The van der Waals surface area contributed by atoms with Crippen molar-refractivity contribution in [2.45, 2.75) is 12.5 Å². The van der Waals surface area contributed by atoms with Gasteiger partial charge in [0, 0.05) is 19.1 Å². The van der Waals surface area contributed by atoms with Crippen molar-refractivity contribution >= 4 is 11.6 Å². The van der Waals surface area contributed by atoms with Crippen LogP contribution < -0.4 is 5.73 Å². The number of nitrogen functional groups attached to an aromatic ring is 1. The van der Waals surface area contributed by atoms with Crippen molar-refractivity contribution in [2.24, 2.45) is 0 Å². The number of anilines is 1. The quantitative estimate of drug-likeness (QED) is 0.726. The number of nitrogens with zero attached hydrogens (tertiary/aromatic N) is 3. The molecule has 0 spiro atoms. The Hall–Kier alpha value is -1.56. The highest BCUT2D eigenvalue weighted by molar-refractivity contribution is 5.97. The minimum absolute atomic E-state index is 0.0562. The molecule has 1 saturated heterocycles. The van der Waals surface area contributed by atoms with E-state index in [4.69, 9.17) is 5.73 Å². The number of likely N-dealkylation sites (tertiary alicyclic amines) is 1. The van der Waals surface area contributed by atoms with Crippen LogP contribution in [-0.4, -0.2) is 59.1 Å². The normalized spacial score (nSPS) is 20.7. The molecule has 0 aliphatic carbocycles. The zero-order valence-corrected chi connectivity index (χ0v) is 9.60. The van der Waals surface area contributed by atoms with Gasteiger partial charge < -0.3 is 15.5 Å². The molecule has 16 heavy (non-hydrogen) atoms. The number of aromatic nitrogens is 2. The highest BCUT2D eigenvalue weighted by Gasteiger charge is 2.29. The van der Waals surface area contributed by atoms with Crippen LogP contribution in [0.25, 0.3) is 0 Å². The number of hydrogen-bond acceptors (Lipinski definition) is 4. The van der Waals surface area contributed by atoms with E-state index in [1.54, 1.807) is 0 Å². The van der Waals surface area contributed by atoms with Gasteiger partial charge in [-0.15, -0.1) is 0 Å². The first-order valence-electron chi connectivity index (χ1n) is 5.34. The van der Waals surface area contributed by atoms with Gasteiger partial charge in [-0.1, -0.05) is 0 Å². The number of amides is 1. The van der Waals surface area contributed by atoms with E-state index in [9.17, 15) is 4.79 Å². The fourth-order valence-corrected chi connectivity index (χ4v) is 1.97. The van der Waals surface area contributed by atoms with Crippen molar-refractivity contribution in [2.75, 3.05) is 32.9 Å². The third-order valence-electron chi connectivity index (χ3n) is 3.06. The van der Waals surface area contributed by atoms with Gasteiger partial charge >= 0.3 is 0 Å². The highest BCUT2D eigenvalue weighted by atomic mass is 16.2. The lowest BCUT2D eigenvalue weighted by atomic mass is 10.2. The van der Waals surface area contributed by atoms with Crippen LogP contribution in [0.15, 0.2) is 6.20 Å². The summed E-state index contributed by atoms with van der Waals surface area (Å²) in [5, 5.41) is 6.41. The van der Waals surface area contributed by atoms with Crippen molar-refractivity contribution < 1.29 is 4.79 Å². The summed E-state index contributed by atoms with van der Waals surface area (Å²) < 4.78 is 0. The van der Waals surface area contributed by atoms with E-state index in [-0.39, 0.29) is 5.91 Å². The van der Waals surface area contributed by atoms with Crippen molar-refractivity contribution in [3.05, 3.63) is 11.9 Å². The molecule has 1 amide bonds. The third-order valence-corrected chi connectivity index (χ3v) is 3.06. The summed E-state index contributed by atoms with van der Waals surface area (Å²) >= 11 is 0. The summed E-state index contributed by atoms with van der Waals surface area (Å²) in [6.07, 6.45) is 2.47. The molecule has 1 unspecified atom stereocenters. The number of likely N-dealkylation sites (N-methyl/N-ethyl adjacent to an activating group) is 1. The number of hydrogen-bond donors (Lipinski definition) is 2. The van der Waals surface area contributed by atoms with Gasteiger partial charge in [-0.3, -0.25) is 9.89 Å². The summed E-state index contributed by atoms with van der Waals surface area (Å²) in [6, 6.07) is 0.438. The first-order chi connectivity index (χ1) is 7.59. The van der Waals surface area contributed by atoms with E-state index in [1.807, 2.05) is 19.0 Å². The maximum absolute atomic E-state index is 12.1. The number of aromatic amines is 1. The van der Waals surface area contributed by atoms with Gasteiger partial charge in [-0.05, 0) is 20.5 Å². The average molecular weight is 223 g/mol. The number of carbonyl (C=O) groups is 1. The smallest absolute Gasteiger partial charge is 0.274 e. The number of carbonyl (C=O) groups excluding carboxylic acids is 1. The molecule has 1 aliphatic rings. The summed E-state index contributed by atoms with van der Waals surface area (Å²) in [4.78, 5) is 16.0. The number of nitrogens with two attached hydrogens (primary N) is 1. The summed E-state index contributed by atoms with van der Waals surface area (Å²) in [5.74, 6) is -0.0562. The van der Waals surface area contributed by atoms with E-state index in [1.165, 1.54) is 6.20 Å². The molecule has 3 N–H and O–H groups in total. The predicted molar refractivity (Wildman–Crippen MR) is 61.0 cm³/mol. The van der Waals surface area contributed by atoms with E-state index in [2.05, 4.69) is 15.1 Å². The third kappa shape index (κ3) is 1.88. The van der Waals surface area contributed by atoms with Crippen molar-refractivity contribution in [3.63, 3.8) is 0 Å². The molecule has 1 atom stereocenters. The van der Waals surface area contributed by atoms with E-state index >= 15 is 0 Å². The Labute approximate surface area is 94.4 Å². The Bertz CT molecular complexity index is 386. The molecule has 0 bridgehead atoms. The minimum Gasteiger partial charge on any atom is -0.396 e. The first kappa shape index (κ1) is 10.9. The maximum Gasteiger partial charge on any atom is 0.274 e. The molecule has 1 fully saturated rings. The maximum atomic E-state index is 12.1. The van der Waals surface area contributed by atoms with Gasteiger partial charge in [-0.2, -0.15) is 5.10 Å². The first-order valence-corrected chi connectivity index (χ1v) is 5.34. The van der Waals surface area contributed by atoms with Gasteiger partial charge in [0.2, 0.25) is 0 Å². The van der Waals surface area contributed by atoms with Crippen LogP contribution in [0, 0.1) is 0 Å². The van der Waals surface area contributed by atoms with Crippen molar-refractivity contribution in [1.29, 1.82) is 0 Å². The molecule has 2 heterocycles. The molecule has 1 aromatic rings. The second kappa shape index (κ2) is 4.13. The molecule has 6 nitrogen and oxygen atoms in total. The Kier molecular flexibility index (Phi) is 2.82. The average Bonchev–Trinajstić information content (AvgIpc) is 2.84. The van der Waals surface area contributed by atoms with Gasteiger partial charge in [0.25, 0.3) is 5.91 Å². The fraction of sp³-hybridized carbons (Fsp3) is 0.600. The number of H-pyrrole nitrogens is 1. The zero-order valence-electron chi connectivity index (χ0n) is 9.60. The SMILES string of the molecule is CN(C)C1CCN(C(=O)c2[nH]ncc2N)C1. The lowest BCUT2D eigenvalue weighted by Gasteiger charge is -2.20. The molecular formula is C10H17N5O. The van der Waals surface area contributed by atoms with Crippen LogP contribution in [0.4, 0.5) is 5.69 Å². The van der Waals surface area contributed by atoms with Crippen LogP contribution in [0.1, 0.15) is 16.9 Å². The fourth-order valence-electron chi connectivity index (χ4n) is 1.97. The van der Waals surface area contributed by atoms with Crippen molar-refractivity contribution in [1.82, 2.24) is 20.0 Å². The standard InChI is InChI=1S/C10H17N5O/c1-14(2)7-3-4-15(6-7)10(16)9-8(11)5-12-13-9/h5,7H,3-4,6,11H2,1-2H3,(H,12,13). The zero-order chi connectivity index (χ0) is 11.7. The Morgan fingerprint density at radius 2 is 2.44 bits per heavy atom. The summed E-state index contributed by atoms with van der Waals surface area (Å²) in [5.41, 5.74) is 6.47. The van der Waals surface area contributed by atoms with E-state index in [0.717, 1.165) is 19.5 Å². The molecule has 2 rings (SSSR count). The Morgan fingerprint density at radius 1 is 1.69 bits per heavy atom. The predicted octanol–water partition coefficient (Wildman–Crippen LogP) is -0.232. The second-order valence-corrected chi connectivity index (χ2v) is 4.36. The topological polar surface area (TPSA) is 78.2 Å². The minimum atomic E-state index is -0.0562. The largest absolute Gasteiger partial charge is 0.396 e. The molecule has 0 saturated carbocycles. The molecule has 0 radical (unpaired) electrons.